The molecule has 1 aromatic carbocycles. The number of ether oxygens (including phenoxy) is 1. The molecule has 3 aromatic heterocycles. The van der Waals surface area contributed by atoms with E-state index in [1.54, 1.807) is 44.8 Å². The molecule has 5 rings (SSSR count). The second kappa shape index (κ2) is 10.8. The number of amides is 2. The van der Waals surface area contributed by atoms with Gasteiger partial charge in [0.2, 0.25) is 5.95 Å². The van der Waals surface area contributed by atoms with Crippen molar-refractivity contribution in [2.24, 2.45) is 0 Å². The van der Waals surface area contributed by atoms with Crippen LogP contribution in [0.2, 0.25) is 0 Å². The highest BCUT2D eigenvalue weighted by Crippen LogP contribution is 2.37. The number of anilines is 2. The summed E-state index contributed by atoms with van der Waals surface area (Å²) in [6.45, 7) is 9.45. The fraction of sp³-hybridized carbons (Fsp3) is 0.310. The quantitative estimate of drug-likeness (QED) is 0.294. The molecule has 212 valence electrons. The molecule has 0 bridgehead atoms. The van der Waals surface area contributed by atoms with Crippen molar-refractivity contribution < 1.29 is 19.4 Å². The van der Waals surface area contributed by atoms with Gasteiger partial charge in [0, 0.05) is 39.9 Å². The van der Waals surface area contributed by atoms with Crippen LogP contribution in [0, 0.1) is 13.8 Å². The number of carboxylic acid groups (broad SMARTS) is 1. The number of nitrogens with zero attached hydrogens (tertiary/aromatic N) is 6. The van der Waals surface area contributed by atoms with Gasteiger partial charge in [-0.3, -0.25) is 9.78 Å². The lowest BCUT2D eigenvalue weighted by Crippen LogP contribution is -2.46. The number of aromatic nitrogens is 5. The van der Waals surface area contributed by atoms with Crippen LogP contribution in [0.15, 0.2) is 47.1 Å². The van der Waals surface area contributed by atoms with Gasteiger partial charge < -0.3 is 15.2 Å². The molecular weight excluding hydrogens is 542 g/mol. The number of carbonyl (C=O) groups is 2. The molecule has 0 fully saturated rings. The van der Waals surface area contributed by atoms with Crippen molar-refractivity contribution in [1.82, 2.24) is 24.7 Å². The first-order valence-corrected chi connectivity index (χ1v) is 14.0. The van der Waals surface area contributed by atoms with Gasteiger partial charge in [0.1, 0.15) is 10.8 Å². The van der Waals surface area contributed by atoms with Gasteiger partial charge in [-0.1, -0.05) is 18.2 Å². The van der Waals surface area contributed by atoms with Crippen LogP contribution in [0.3, 0.4) is 0 Å². The van der Waals surface area contributed by atoms with Crippen molar-refractivity contribution in [1.29, 1.82) is 0 Å². The van der Waals surface area contributed by atoms with Crippen LogP contribution in [0.1, 0.15) is 43.3 Å². The third-order valence-electron chi connectivity index (χ3n) is 6.68. The van der Waals surface area contributed by atoms with Gasteiger partial charge in [0.25, 0.3) is 5.91 Å². The Morgan fingerprint density at radius 1 is 1.17 bits per heavy atom. The predicted octanol–water partition coefficient (Wildman–Crippen LogP) is 5.31. The molecule has 1 aliphatic rings. The van der Waals surface area contributed by atoms with Crippen molar-refractivity contribution in [3.63, 3.8) is 0 Å². The molecule has 2 N–H and O–H groups in total. The van der Waals surface area contributed by atoms with E-state index < -0.39 is 11.6 Å². The Kier molecular flexibility index (Phi) is 7.43. The predicted molar refractivity (Wildman–Crippen MR) is 159 cm³/mol. The molecule has 2 amide bonds. The minimum absolute atomic E-state index is 0.0380. The summed E-state index contributed by atoms with van der Waals surface area (Å²) in [6.07, 6.45) is 2.32. The first kappa shape index (κ1) is 28.1. The third kappa shape index (κ3) is 5.47. The first-order valence-electron chi connectivity index (χ1n) is 13.0. The lowest BCUT2D eigenvalue weighted by atomic mass is 10.1. The van der Waals surface area contributed by atoms with E-state index in [1.807, 2.05) is 44.2 Å². The number of para-hydroxylation sites is 1. The number of hydrogen-bond donors (Lipinski definition) is 2. The second-order valence-electron chi connectivity index (χ2n) is 10.7. The van der Waals surface area contributed by atoms with E-state index in [1.165, 1.54) is 11.8 Å². The van der Waals surface area contributed by atoms with Gasteiger partial charge in [0.15, 0.2) is 5.65 Å². The van der Waals surface area contributed by atoms with E-state index in [4.69, 9.17) is 14.8 Å². The maximum absolute atomic E-state index is 13.3. The monoisotopic (exact) mass is 573 g/mol. The van der Waals surface area contributed by atoms with Gasteiger partial charge in [-0.05, 0) is 52.8 Å². The minimum atomic E-state index is -1.17. The number of methoxy groups -OCH3 is 1. The van der Waals surface area contributed by atoms with Crippen molar-refractivity contribution in [3.05, 3.63) is 64.6 Å². The average molecular weight is 574 g/mol. The molecule has 1 aliphatic heterocycles. The molecule has 11 nitrogen and oxygen atoms in total. The molecule has 4 aromatic rings. The topological polar surface area (TPSA) is 135 Å². The summed E-state index contributed by atoms with van der Waals surface area (Å²) in [5, 5.41) is 19.1. The number of benzene rings is 1. The zero-order valence-corrected chi connectivity index (χ0v) is 24.5. The fourth-order valence-electron chi connectivity index (χ4n) is 4.73. The zero-order chi connectivity index (χ0) is 29.5. The van der Waals surface area contributed by atoms with E-state index in [9.17, 15) is 14.7 Å². The van der Waals surface area contributed by atoms with Crippen LogP contribution in [0.4, 0.5) is 16.4 Å². The smallest absolute Gasteiger partial charge is 0.414 e. The number of rotatable bonds is 6. The van der Waals surface area contributed by atoms with Crippen molar-refractivity contribution in [3.8, 4) is 5.75 Å². The Balaban J connectivity index is 1.66. The van der Waals surface area contributed by atoms with Gasteiger partial charge in [0.05, 0.1) is 30.4 Å². The Hall–Kier alpha value is -4.45. The first-order chi connectivity index (χ1) is 19.5. The number of hydrogen-bond acceptors (Lipinski definition) is 8. The van der Waals surface area contributed by atoms with E-state index in [2.05, 4.69) is 15.3 Å². The molecule has 0 unspecified atom stereocenters. The minimum Gasteiger partial charge on any atom is -0.496 e. The second-order valence-corrected chi connectivity index (χ2v) is 11.6. The van der Waals surface area contributed by atoms with Crippen LogP contribution in [-0.2, 0) is 11.3 Å². The summed E-state index contributed by atoms with van der Waals surface area (Å²) in [5.74, 6) is 0.842. The molecule has 12 heteroatoms. The number of nitrogens with one attached hydrogen (secondary N) is 1. The third-order valence-corrected chi connectivity index (χ3v) is 7.71. The van der Waals surface area contributed by atoms with Crippen LogP contribution < -0.4 is 15.0 Å². The Bertz CT molecular complexity index is 1690. The average Bonchev–Trinajstić information content (AvgIpc) is 3.13. The van der Waals surface area contributed by atoms with Crippen LogP contribution in [0.5, 0.6) is 5.75 Å². The lowest BCUT2D eigenvalue weighted by Gasteiger charge is -2.31. The Labute approximate surface area is 241 Å². The Morgan fingerprint density at radius 3 is 2.56 bits per heavy atom. The standard InChI is InChI=1S/C29H31N7O4S/c1-16-13-30-21(17(2)23(16)40-6)14-35-24-22-20(34-35)12-18(25(37)31-19-10-8-7-9-11-19)15-41-26(22)33-27(32-24)36(28(38)39)29(3,4)5/h7-13H,14-15H2,1-6H3,(H,31,37)(H,38,39). The summed E-state index contributed by atoms with van der Waals surface area (Å²) < 4.78 is 7.27. The van der Waals surface area contributed by atoms with Gasteiger partial charge in [-0.15, -0.1) is 11.8 Å². The molecule has 0 aliphatic carbocycles. The molecule has 0 spiro atoms. The van der Waals surface area contributed by atoms with Gasteiger partial charge in [-0.25, -0.2) is 19.4 Å². The highest BCUT2D eigenvalue weighted by Gasteiger charge is 2.33. The number of aryl methyl sites for hydroxylation is 1. The van der Waals surface area contributed by atoms with Crippen molar-refractivity contribution in [2.45, 2.75) is 51.7 Å². The van der Waals surface area contributed by atoms with E-state index in [-0.39, 0.29) is 18.4 Å². The SMILES string of the molecule is COc1c(C)cnc(Cn2nc3c4c(nc(N(C(=O)O)C(C)(C)C)nc42)SCC(C(=O)Nc2ccccc2)=C3)c1C. The summed E-state index contributed by atoms with van der Waals surface area (Å²) in [5.41, 5.74) is 3.86. The largest absolute Gasteiger partial charge is 0.496 e. The maximum atomic E-state index is 13.3. The highest BCUT2D eigenvalue weighted by molar-refractivity contribution is 7.99. The van der Waals surface area contributed by atoms with Crippen molar-refractivity contribution in [2.75, 3.05) is 23.1 Å². The van der Waals surface area contributed by atoms with E-state index in [0.29, 0.717) is 38.8 Å². The summed E-state index contributed by atoms with van der Waals surface area (Å²) in [6, 6.07) is 9.22. The number of carbonyl (C=O) groups excluding carboxylic acids is 1. The summed E-state index contributed by atoms with van der Waals surface area (Å²) in [4.78, 5) is 40.8. The van der Waals surface area contributed by atoms with E-state index >= 15 is 0 Å². The van der Waals surface area contributed by atoms with Crippen LogP contribution >= 0.6 is 11.8 Å². The molecule has 0 radical (unpaired) electrons. The van der Waals surface area contributed by atoms with Crippen LogP contribution in [0.25, 0.3) is 17.1 Å². The van der Waals surface area contributed by atoms with Gasteiger partial charge in [-0.2, -0.15) is 10.1 Å². The van der Waals surface area contributed by atoms with Crippen molar-refractivity contribution >= 4 is 52.5 Å². The molecular formula is C29H31N7O4S. The molecule has 0 saturated heterocycles. The molecule has 41 heavy (non-hydrogen) atoms. The lowest BCUT2D eigenvalue weighted by molar-refractivity contribution is -0.112. The summed E-state index contributed by atoms with van der Waals surface area (Å²) >= 11 is 1.34. The summed E-state index contributed by atoms with van der Waals surface area (Å²) in [7, 11) is 1.62. The fourth-order valence-corrected chi connectivity index (χ4v) is 5.73. The number of thioether (sulfide) groups is 1. The van der Waals surface area contributed by atoms with Gasteiger partial charge >= 0.3 is 6.09 Å². The maximum Gasteiger partial charge on any atom is 0.414 e. The molecule has 4 heterocycles. The molecule has 0 atom stereocenters. The Morgan fingerprint density at radius 2 is 1.90 bits per heavy atom. The normalized spacial score (nSPS) is 13.0. The number of pyridine rings is 1. The zero-order valence-electron chi connectivity index (χ0n) is 23.7. The van der Waals surface area contributed by atoms with Crippen LogP contribution in [-0.4, -0.2) is 60.2 Å². The highest BCUT2D eigenvalue weighted by atomic mass is 32.2. The molecule has 0 saturated carbocycles. The van der Waals surface area contributed by atoms with E-state index in [0.717, 1.165) is 27.5 Å².